The summed E-state index contributed by atoms with van der Waals surface area (Å²) in [6.45, 7) is 13.7. The van der Waals surface area contributed by atoms with Crippen molar-refractivity contribution in [3.63, 3.8) is 0 Å². The van der Waals surface area contributed by atoms with Gasteiger partial charge in [-0.2, -0.15) is 0 Å². The Morgan fingerprint density at radius 2 is 1.93 bits per heavy atom. The summed E-state index contributed by atoms with van der Waals surface area (Å²) in [6.07, 6.45) is 5.08. The molecule has 2 rings (SSSR count). The lowest BCUT2D eigenvalue weighted by Gasteiger charge is -2.31. The van der Waals surface area contributed by atoms with Crippen LogP contribution in [0.15, 0.2) is 66.1 Å². The van der Waals surface area contributed by atoms with Crippen LogP contribution in [-0.2, 0) is 16.1 Å². The van der Waals surface area contributed by atoms with Gasteiger partial charge >= 0.3 is 0 Å². The minimum atomic E-state index is -0.0444. The van der Waals surface area contributed by atoms with E-state index in [0.29, 0.717) is 18.3 Å². The Labute approximate surface area is 163 Å². The van der Waals surface area contributed by atoms with E-state index in [0.717, 1.165) is 43.9 Å². The van der Waals surface area contributed by atoms with Gasteiger partial charge in [0.1, 0.15) is 6.61 Å². The molecule has 0 aromatic heterocycles. The van der Waals surface area contributed by atoms with E-state index in [9.17, 15) is 4.79 Å². The molecule has 1 heterocycles. The van der Waals surface area contributed by atoms with Gasteiger partial charge in [0.2, 0.25) is 0 Å². The van der Waals surface area contributed by atoms with E-state index in [1.54, 1.807) is 6.92 Å². The van der Waals surface area contributed by atoms with E-state index < -0.39 is 0 Å². The van der Waals surface area contributed by atoms with E-state index in [-0.39, 0.29) is 5.78 Å². The number of nitrogens with one attached hydrogen (secondary N) is 1. The van der Waals surface area contributed by atoms with Crippen molar-refractivity contribution < 1.29 is 9.53 Å². The van der Waals surface area contributed by atoms with Gasteiger partial charge in [-0.1, -0.05) is 55.5 Å². The van der Waals surface area contributed by atoms with E-state index in [1.807, 2.05) is 36.4 Å². The number of ether oxygens (including phenoxy) is 1. The number of carbonyl (C=O) groups is 1. The predicted molar refractivity (Wildman–Crippen MR) is 111 cm³/mol. The standard InChI is InChI=1S/C23H32N2O2/c1-18(2)19(3)9-8-12-22(25-15-13-24-14-16-25)23(20(4)26)27-17-21-10-6-5-7-11-21/h5-8,10-12,19,24H,1,9,13-17H2,2-4H3/b12-8+,23-22-. The molecule has 0 radical (unpaired) electrons. The van der Waals surface area contributed by atoms with Gasteiger partial charge in [0.05, 0.1) is 5.70 Å². The fourth-order valence-electron chi connectivity index (χ4n) is 2.90. The van der Waals surface area contributed by atoms with Crippen molar-refractivity contribution in [1.29, 1.82) is 0 Å². The lowest BCUT2D eigenvalue weighted by Crippen LogP contribution is -2.43. The van der Waals surface area contributed by atoms with Gasteiger partial charge in [0.15, 0.2) is 11.5 Å². The first kappa shape index (κ1) is 21.0. The van der Waals surface area contributed by atoms with Gasteiger partial charge in [-0.05, 0) is 30.9 Å². The third-order valence-electron chi connectivity index (χ3n) is 4.84. The number of Topliss-reactive ketones (excluding diaryl/α,β-unsaturated/α-hetero) is 1. The molecule has 27 heavy (non-hydrogen) atoms. The summed E-state index contributed by atoms with van der Waals surface area (Å²) in [6, 6.07) is 9.94. The molecule has 1 fully saturated rings. The molecule has 1 saturated heterocycles. The number of nitrogens with zero attached hydrogens (tertiary/aromatic N) is 1. The first-order valence-corrected chi connectivity index (χ1v) is 9.68. The topological polar surface area (TPSA) is 41.6 Å². The Bertz CT molecular complexity index is 686. The van der Waals surface area contributed by atoms with Crippen molar-refractivity contribution in [1.82, 2.24) is 10.2 Å². The number of rotatable bonds is 9. The van der Waals surface area contributed by atoms with Crippen LogP contribution in [0.5, 0.6) is 0 Å². The van der Waals surface area contributed by atoms with Crippen molar-refractivity contribution in [2.24, 2.45) is 5.92 Å². The fourth-order valence-corrected chi connectivity index (χ4v) is 2.90. The second-order valence-electron chi connectivity index (χ2n) is 7.17. The Hall–Kier alpha value is -2.33. The Morgan fingerprint density at radius 1 is 1.26 bits per heavy atom. The van der Waals surface area contributed by atoms with E-state index in [2.05, 4.69) is 36.7 Å². The zero-order valence-electron chi connectivity index (χ0n) is 16.8. The summed E-state index contributed by atoms with van der Waals surface area (Å²) in [5.74, 6) is 0.814. The Balaban J connectivity index is 2.24. The van der Waals surface area contributed by atoms with Crippen molar-refractivity contribution >= 4 is 5.78 Å². The van der Waals surface area contributed by atoms with Gasteiger partial charge < -0.3 is 15.0 Å². The number of piperazine rings is 1. The lowest BCUT2D eigenvalue weighted by atomic mass is 10.0. The molecule has 1 aromatic carbocycles. The quantitative estimate of drug-likeness (QED) is 0.309. The molecule has 1 aliphatic rings. The lowest BCUT2D eigenvalue weighted by molar-refractivity contribution is -0.117. The number of allylic oxidation sites excluding steroid dienone is 4. The molecular formula is C23H32N2O2. The first-order chi connectivity index (χ1) is 13.0. The fraction of sp³-hybridized carbons (Fsp3) is 0.435. The summed E-state index contributed by atoms with van der Waals surface area (Å²) in [4.78, 5) is 14.6. The smallest absolute Gasteiger partial charge is 0.196 e. The molecule has 4 nitrogen and oxygen atoms in total. The Kier molecular flexibility index (Phi) is 8.34. The van der Waals surface area contributed by atoms with Crippen LogP contribution in [0.1, 0.15) is 32.8 Å². The molecule has 0 amide bonds. The zero-order chi connectivity index (χ0) is 19.6. The number of ketones is 1. The highest BCUT2D eigenvalue weighted by molar-refractivity contribution is 5.92. The average Bonchev–Trinajstić information content (AvgIpc) is 2.67. The van der Waals surface area contributed by atoms with Crippen LogP contribution < -0.4 is 5.32 Å². The minimum Gasteiger partial charge on any atom is -0.483 e. The van der Waals surface area contributed by atoms with Crippen molar-refractivity contribution in [2.75, 3.05) is 26.2 Å². The second kappa shape index (κ2) is 10.7. The summed E-state index contributed by atoms with van der Waals surface area (Å²) < 4.78 is 6.01. The van der Waals surface area contributed by atoms with Crippen LogP contribution >= 0.6 is 0 Å². The maximum Gasteiger partial charge on any atom is 0.196 e. The number of hydrogen-bond acceptors (Lipinski definition) is 4. The number of carbonyl (C=O) groups excluding carboxylic acids is 1. The molecule has 0 aliphatic carbocycles. The molecule has 0 spiro atoms. The maximum atomic E-state index is 12.4. The van der Waals surface area contributed by atoms with Gasteiger partial charge in [0.25, 0.3) is 0 Å². The second-order valence-corrected chi connectivity index (χ2v) is 7.17. The average molecular weight is 369 g/mol. The summed E-state index contributed by atoms with van der Waals surface area (Å²) in [5.41, 5.74) is 3.10. The van der Waals surface area contributed by atoms with Gasteiger partial charge in [-0.25, -0.2) is 0 Å². The van der Waals surface area contributed by atoms with Crippen LogP contribution in [0.2, 0.25) is 0 Å². The summed E-state index contributed by atoms with van der Waals surface area (Å²) in [7, 11) is 0. The normalized spacial score (nSPS) is 16.8. The number of hydrogen-bond donors (Lipinski definition) is 1. The molecule has 4 heteroatoms. The van der Waals surface area contributed by atoms with Gasteiger partial charge in [-0.15, -0.1) is 0 Å². The monoisotopic (exact) mass is 368 g/mol. The van der Waals surface area contributed by atoms with Crippen molar-refractivity contribution in [2.45, 2.75) is 33.8 Å². The van der Waals surface area contributed by atoms with Crippen molar-refractivity contribution in [3.8, 4) is 0 Å². The SMILES string of the molecule is C=C(C)C(C)C/C=C/C(=C(/OCc1ccccc1)C(C)=O)N1CCNCC1. The summed E-state index contributed by atoms with van der Waals surface area (Å²) >= 11 is 0. The largest absolute Gasteiger partial charge is 0.483 e. The molecule has 1 atom stereocenters. The van der Waals surface area contributed by atoms with E-state index in [4.69, 9.17) is 4.74 Å². The predicted octanol–water partition coefficient (Wildman–Crippen LogP) is 4.07. The zero-order valence-corrected chi connectivity index (χ0v) is 16.8. The Morgan fingerprint density at radius 3 is 2.52 bits per heavy atom. The van der Waals surface area contributed by atoms with Gasteiger partial charge in [0, 0.05) is 33.1 Å². The van der Waals surface area contributed by atoms with Crippen LogP contribution in [0, 0.1) is 5.92 Å². The van der Waals surface area contributed by atoms with E-state index >= 15 is 0 Å². The summed E-state index contributed by atoms with van der Waals surface area (Å²) in [5, 5.41) is 3.36. The highest BCUT2D eigenvalue weighted by Gasteiger charge is 2.19. The molecule has 0 saturated carbocycles. The van der Waals surface area contributed by atoms with Crippen LogP contribution in [0.3, 0.4) is 0 Å². The van der Waals surface area contributed by atoms with Crippen LogP contribution in [-0.4, -0.2) is 36.9 Å². The van der Waals surface area contributed by atoms with E-state index in [1.165, 1.54) is 5.57 Å². The first-order valence-electron chi connectivity index (χ1n) is 9.68. The third kappa shape index (κ3) is 6.72. The highest BCUT2D eigenvalue weighted by Crippen LogP contribution is 2.19. The molecule has 1 aromatic rings. The van der Waals surface area contributed by atoms with Gasteiger partial charge in [-0.3, -0.25) is 4.79 Å². The molecule has 146 valence electrons. The van der Waals surface area contributed by atoms with Crippen LogP contribution in [0.4, 0.5) is 0 Å². The highest BCUT2D eigenvalue weighted by atomic mass is 16.5. The molecule has 1 N–H and O–H groups in total. The van der Waals surface area contributed by atoms with Crippen LogP contribution in [0.25, 0.3) is 0 Å². The molecular weight excluding hydrogens is 336 g/mol. The minimum absolute atomic E-state index is 0.0444. The molecule has 1 unspecified atom stereocenters. The third-order valence-corrected chi connectivity index (χ3v) is 4.84. The van der Waals surface area contributed by atoms with Crippen molar-refractivity contribution in [3.05, 3.63) is 71.7 Å². The maximum absolute atomic E-state index is 12.4. The number of benzene rings is 1. The molecule has 0 bridgehead atoms. The molecule has 1 aliphatic heterocycles.